The van der Waals surface area contributed by atoms with Gasteiger partial charge in [0.25, 0.3) is 5.56 Å². The summed E-state index contributed by atoms with van der Waals surface area (Å²) in [5.41, 5.74) is 4.81. The number of hydrogen-bond acceptors (Lipinski definition) is 6. The first-order valence-electron chi connectivity index (χ1n) is 3.97. The van der Waals surface area contributed by atoms with Gasteiger partial charge in [-0.3, -0.25) is 4.79 Å². The van der Waals surface area contributed by atoms with Crippen LogP contribution in [0.2, 0.25) is 0 Å². The number of nitrogen functional groups attached to an aromatic ring is 1. The molecule has 9 heteroatoms. The third kappa shape index (κ3) is 3.56. The molecule has 0 saturated carbocycles. The van der Waals surface area contributed by atoms with Gasteiger partial charge in [0.1, 0.15) is 5.69 Å². The average Bonchev–Trinajstić information content (AvgIpc) is 2.10. The van der Waals surface area contributed by atoms with E-state index in [0.717, 1.165) is 6.33 Å². The molecule has 1 heterocycles. The van der Waals surface area contributed by atoms with Gasteiger partial charge in [0.05, 0.1) is 12.1 Å². The second-order valence-corrected chi connectivity index (χ2v) is 4.52. The summed E-state index contributed by atoms with van der Waals surface area (Å²) < 4.78 is 21.2. The van der Waals surface area contributed by atoms with Crippen molar-refractivity contribution in [2.75, 3.05) is 23.3 Å². The van der Waals surface area contributed by atoms with Crippen LogP contribution in [0.25, 0.3) is 0 Å². The van der Waals surface area contributed by atoms with Crippen LogP contribution in [0.3, 0.4) is 0 Å². The first-order valence-corrected chi connectivity index (χ1v) is 5.69. The standard InChI is InChI=1S/C6H11N5O3S/c7-4-5(10-3-11-6(4)12)9-1-2-15(8,13)14/h3H,1-2,7H2,(H2,8,13,14)(H2,9,10,11,12). The molecule has 0 aliphatic heterocycles. The number of nitrogens with two attached hydrogens (primary N) is 2. The van der Waals surface area contributed by atoms with Crippen LogP contribution in [0, 0.1) is 0 Å². The molecule has 0 aromatic carbocycles. The highest BCUT2D eigenvalue weighted by Gasteiger charge is 2.06. The molecule has 84 valence electrons. The van der Waals surface area contributed by atoms with E-state index in [0.29, 0.717) is 0 Å². The molecule has 15 heavy (non-hydrogen) atoms. The molecule has 0 spiro atoms. The highest BCUT2D eigenvalue weighted by Crippen LogP contribution is 2.05. The van der Waals surface area contributed by atoms with Gasteiger partial charge < -0.3 is 16.0 Å². The van der Waals surface area contributed by atoms with Crippen molar-refractivity contribution >= 4 is 21.5 Å². The summed E-state index contributed by atoms with van der Waals surface area (Å²) in [5, 5.41) is 7.38. The number of aromatic amines is 1. The van der Waals surface area contributed by atoms with Gasteiger partial charge in [-0.1, -0.05) is 0 Å². The molecule has 0 aliphatic rings. The van der Waals surface area contributed by atoms with Crippen molar-refractivity contribution in [1.29, 1.82) is 0 Å². The minimum absolute atomic E-state index is 0.0412. The number of H-pyrrole nitrogens is 1. The van der Waals surface area contributed by atoms with Crippen LogP contribution in [0.15, 0.2) is 11.1 Å². The fourth-order valence-corrected chi connectivity index (χ4v) is 1.25. The lowest BCUT2D eigenvalue weighted by molar-refractivity contribution is 0.598. The Morgan fingerprint density at radius 2 is 2.20 bits per heavy atom. The summed E-state index contributed by atoms with van der Waals surface area (Å²) in [6, 6.07) is 0. The van der Waals surface area contributed by atoms with Crippen LogP contribution in [-0.2, 0) is 10.0 Å². The number of aromatic nitrogens is 2. The summed E-state index contributed by atoms with van der Waals surface area (Å²) >= 11 is 0. The first kappa shape index (κ1) is 11.5. The number of primary sulfonamides is 1. The Hall–Kier alpha value is -1.61. The van der Waals surface area contributed by atoms with Gasteiger partial charge in [-0.15, -0.1) is 0 Å². The molecule has 0 bridgehead atoms. The molecule has 0 aliphatic carbocycles. The summed E-state index contributed by atoms with van der Waals surface area (Å²) in [6.07, 6.45) is 1.16. The smallest absolute Gasteiger partial charge is 0.276 e. The Kier molecular flexibility index (Phi) is 3.27. The maximum Gasteiger partial charge on any atom is 0.276 e. The maximum absolute atomic E-state index is 11.0. The van der Waals surface area contributed by atoms with Crippen LogP contribution in [0.4, 0.5) is 11.5 Å². The van der Waals surface area contributed by atoms with Crippen molar-refractivity contribution in [3.8, 4) is 0 Å². The Morgan fingerprint density at radius 3 is 2.80 bits per heavy atom. The molecule has 0 unspecified atom stereocenters. The molecule has 0 atom stereocenters. The van der Waals surface area contributed by atoms with Crippen LogP contribution in [0.5, 0.6) is 0 Å². The minimum Gasteiger partial charge on any atom is -0.391 e. The number of nitrogens with one attached hydrogen (secondary N) is 2. The number of sulfonamides is 1. The predicted molar refractivity (Wildman–Crippen MR) is 55.7 cm³/mol. The van der Waals surface area contributed by atoms with E-state index >= 15 is 0 Å². The topological polar surface area (TPSA) is 144 Å². The number of rotatable bonds is 4. The summed E-state index contributed by atoms with van der Waals surface area (Å²) in [7, 11) is -3.53. The fraction of sp³-hybridized carbons (Fsp3) is 0.333. The van der Waals surface area contributed by atoms with Crippen molar-refractivity contribution in [3.63, 3.8) is 0 Å². The van der Waals surface area contributed by atoms with E-state index < -0.39 is 15.6 Å². The highest BCUT2D eigenvalue weighted by molar-refractivity contribution is 7.89. The average molecular weight is 233 g/mol. The zero-order valence-corrected chi connectivity index (χ0v) is 8.54. The summed E-state index contributed by atoms with van der Waals surface area (Å²) in [5.74, 6) is -0.122. The zero-order chi connectivity index (χ0) is 11.5. The lowest BCUT2D eigenvalue weighted by Crippen LogP contribution is -2.24. The second-order valence-electron chi connectivity index (χ2n) is 2.79. The quantitative estimate of drug-likeness (QED) is 0.476. The second kappa shape index (κ2) is 4.28. The van der Waals surface area contributed by atoms with Gasteiger partial charge >= 0.3 is 0 Å². The van der Waals surface area contributed by atoms with Crippen molar-refractivity contribution in [2.24, 2.45) is 5.14 Å². The van der Waals surface area contributed by atoms with Gasteiger partial charge in [0, 0.05) is 6.54 Å². The lowest BCUT2D eigenvalue weighted by atomic mass is 10.5. The van der Waals surface area contributed by atoms with E-state index in [2.05, 4.69) is 15.3 Å². The molecular weight excluding hydrogens is 222 g/mol. The highest BCUT2D eigenvalue weighted by atomic mass is 32.2. The Labute approximate surface area is 85.8 Å². The minimum atomic E-state index is -3.53. The maximum atomic E-state index is 11.0. The van der Waals surface area contributed by atoms with Crippen LogP contribution < -0.4 is 21.7 Å². The molecule has 0 amide bonds. The SMILES string of the molecule is Nc1c(NCCS(N)(=O)=O)nc[nH]c1=O. The van der Waals surface area contributed by atoms with Crippen LogP contribution in [-0.4, -0.2) is 30.7 Å². The molecule has 0 fully saturated rings. The van der Waals surface area contributed by atoms with Crippen molar-refractivity contribution in [3.05, 3.63) is 16.7 Å². The molecule has 1 rings (SSSR count). The van der Waals surface area contributed by atoms with Crippen LogP contribution >= 0.6 is 0 Å². The molecule has 0 radical (unpaired) electrons. The van der Waals surface area contributed by atoms with Crippen molar-refractivity contribution in [1.82, 2.24) is 9.97 Å². The number of nitrogens with zero attached hydrogens (tertiary/aromatic N) is 1. The Bertz CT molecular complexity index is 494. The molecular formula is C6H11N5O3S. The van der Waals surface area contributed by atoms with E-state index in [9.17, 15) is 13.2 Å². The van der Waals surface area contributed by atoms with Crippen molar-refractivity contribution < 1.29 is 8.42 Å². The molecule has 1 aromatic rings. The summed E-state index contributed by atoms with van der Waals surface area (Å²) in [4.78, 5) is 17.0. The van der Waals surface area contributed by atoms with Gasteiger partial charge in [-0.05, 0) is 0 Å². The van der Waals surface area contributed by atoms with Crippen molar-refractivity contribution in [2.45, 2.75) is 0 Å². The molecule has 0 saturated heterocycles. The molecule has 6 N–H and O–H groups in total. The van der Waals surface area contributed by atoms with Gasteiger partial charge in [0.15, 0.2) is 5.82 Å². The van der Waals surface area contributed by atoms with Crippen LogP contribution in [0.1, 0.15) is 0 Å². The first-order chi connectivity index (χ1) is 6.90. The monoisotopic (exact) mass is 233 g/mol. The van der Waals surface area contributed by atoms with Gasteiger partial charge in [0.2, 0.25) is 10.0 Å². The zero-order valence-electron chi connectivity index (χ0n) is 7.73. The summed E-state index contributed by atoms with van der Waals surface area (Å²) in [6.45, 7) is 0.0412. The Morgan fingerprint density at radius 1 is 1.53 bits per heavy atom. The van der Waals surface area contributed by atoms with E-state index in [4.69, 9.17) is 10.9 Å². The number of hydrogen-bond donors (Lipinski definition) is 4. The number of anilines is 2. The Balaban J connectivity index is 2.67. The van der Waals surface area contributed by atoms with E-state index in [1.165, 1.54) is 0 Å². The van der Waals surface area contributed by atoms with E-state index in [1.807, 2.05) is 0 Å². The normalized spacial score (nSPS) is 11.3. The molecule has 8 nitrogen and oxygen atoms in total. The fourth-order valence-electron chi connectivity index (χ4n) is 0.863. The third-order valence-electron chi connectivity index (χ3n) is 1.57. The van der Waals surface area contributed by atoms with Gasteiger partial charge in [-0.25, -0.2) is 18.5 Å². The predicted octanol–water partition coefficient (Wildman–Crippen LogP) is -1.95. The van der Waals surface area contributed by atoms with E-state index in [1.54, 1.807) is 0 Å². The third-order valence-corrected chi connectivity index (χ3v) is 2.34. The largest absolute Gasteiger partial charge is 0.391 e. The lowest BCUT2D eigenvalue weighted by Gasteiger charge is -2.05. The van der Waals surface area contributed by atoms with E-state index in [-0.39, 0.29) is 23.8 Å². The van der Waals surface area contributed by atoms with Gasteiger partial charge in [-0.2, -0.15) is 0 Å². The molecule has 1 aromatic heterocycles.